The molecule has 1 aliphatic rings. The van der Waals surface area contributed by atoms with Crippen molar-refractivity contribution in [3.05, 3.63) is 18.5 Å². The molecule has 0 spiro atoms. The fraction of sp³-hybridized carbons (Fsp3) is 0.545. The second kappa shape index (κ2) is 8.90. The number of carbonyl (C=O) groups is 1. The summed E-state index contributed by atoms with van der Waals surface area (Å²) in [7, 11) is 0. The molecule has 1 aromatic rings. The summed E-state index contributed by atoms with van der Waals surface area (Å²) in [5.74, 6) is 0.875. The molecular weight excluding hydrogens is 289 g/mol. The Morgan fingerprint density at radius 2 is 1.74 bits per heavy atom. The molecular formula is C11H19Cl2N5O. The number of halogens is 2. The van der Waals surface area contributed by atoms with Crippen molar-refractivity contribution < 1.29 is 4.79 Å². The maximum atomic E-state index is 11.6. The normalized spacial score (nSPS) is 14.4. The molecule has 6 nitrogen and oxygen atoms in total. The van der Waals surface area contributed by atoms with E-state index in [1.165, 1.54) is 0 Å². The van der Waals surface area contributed by atoms with Crippen molar-refractivity contribution in [3.8, 4) is 0 Å². The lowest BCUT2D eigenvalue weighted by Crippen LogP contribution is -2.49. The molecule has 19 heavy (non-hydrogen) atoms. The van der Waals surface area contributed by atoms with Crippen LogP contribution < -0.4 is 10.6 Å². The van der Waals surface area contributed by atoms with Gasteiger partial charge in [0.2, 0.25) is 11.9 Å². The number of aromatic nitrogens is 2. The van der Waals surface area contributed by atoms with E-state index in [0.717, 1.165) is 32.1 Å². The minimum atomic E-state index is 0. The Balaban J connectivity index is 0.00000162. The third-order valence-electron chi connectivity index (χ3n) is 2.83. The molecule has 2 rings (SSSR count). The van der Waals surface area contributed by atoms with Crippen molar-refractivity contribution in [2.45, 2.75) is 6.42 Å². The van der Waals surface area contributed by atoms with E-state index >= 15 is 0 Å². The molecule has 0 radical (unpaired) electrons. The van der Waals surface area contributed by atoms with E-state index < -0.39 is 0 Å². The number of nitrogens with zero attached hydrogens (tertiary/aromatic N) is 4. The van der Waals surface area contributed by atoms with E-state index in [4.69, 9.17) is 5.73 Å². The predicted molar refractivity (Wildman–Crippen MR) is 79.0 cm³/mol. The average molecular weight is 308 g/mol. The number of piperazine rings is 1. The molecule has 0 aliphatic carbocycles. The van der Waals surface area contributed by atoms with Crippen LogP contribution in [0, 0.1) is 0 Å². The summed E-state index contributed by atoms with van der Waals surface area (Å²) in [4.78, 5) is 24.0. The first-order valence-electron chi connectivity index (χ1n) is 5.81. The highest BCUT2D eigenvalue weighted by Crippen LogP contribution is 2.10. The lowest BCUT2D eigenvalue weighted by Gasteiger charge is -2.34. The average Bonchev–Trinajstić information content (AvgIpc) is 2.40. The molecule has 0 saturated carbocycles. The van der Waals surface area contributed by atoms with E-state index in [1.54, 1.807) is 18.5 Å². The Morgan fingerprint density at radius 1 is 1.16 bits per heavy atom. The van der Waals surface area contributed by atoms with Crippen molar-refractivity contribution in [1.82, 2.24) is 14.9 Å². The number of rotatable bonds is 3. The van der Waals surface area contributed by atoms with Crippen LogP contribution in [0.3, 0.4) is 0 Å². The first-order chi connectivity index (χ1) is 8.31. The van der Waals surface area contributed by atoms with Crippen LogP contribution in [0.15, 0.2) is 18.5 Å². The molecule has 1 amide bonds. The highest BCUT2D eigenvalue weighted by Gasteiger charge is 2.21. The summed E-state index contributed by atoms with van der Waals surface area (Å²) in [6.07, 6.45) is 3.89. The van der Waals surface area contributed by atoms with Crippen molar-refractivity contribution in [1.29, 1.82) is 0 Å². The second-order valence-electron chi connectivity index (χ2n) is 3.96. The zero-order chi connectivity index (χ0) is 12.1. The van der Waals surface area contributed by atoms with E-state index in [9.17, 15) is 4.79 Å². The molecule has 0 unspecified atom stereocenters. The Bertz CT molecular complexity index is 371. The van der Waals surface area contributed by atoms with Gasteiger partial charge in [-0.3, -0.25) is 4.79 Å². The Labute approximate surface area is 125 Å². The maximum absolute atomic E-state index is 11.6. The molecule has 2 N–H and O–H groups in total. The molecule has 1 saturated heterocycles. The number of hydrogen-bond acceptors (Lipinski definition) is 5. The topological polar surface area (TPSA) is 75.4 Å². The van der Waals surface area contributed by atoms with Crippen molar-refractivity contribution >= 4 is 36.7 Å². The van der Waals surface area contributed by atoms with Gasteiger partial charge in [-0.1, -0.05) is 0 Å². The van der Waals surface area contributed by atoms with Gasteiger partial charge in [-0.05, 0) is 6.07 Å². The third kappa shape index (κ3) is 4.81. The minimum Gasteiger partial charge on any atom is -0.339 e. The second-order valence-corrected chi connectivity index (χ2v) is 3.96. The van der Waals surface area contributed by atoms with E-state index in [2.05, 4.69) is 14.9 Å². The predicted octanol–water partition coefficient (Wildman–Crippen LogP) is 0.318. The summed E-state index contributed by atoms with van der Waals surface area (Å²) < 4.78 is 0. The molecule has 8 heteroatoms. The number of hydrogen-bond donors (Lipinski definition) is 1. The number of carbonyl (C=O) groups excluding carboxylic acids is 1. The highest BCUT2D eigenvalue weighted by molar-refractivity contribution is 5.85. The smallest absolute Gasteiger partial charge is 0.225 e. The SMILES string of the molecule is Cl.Cl.NCCC(=O)N1CCN(c2ncccn2)CC1. The largest absolute Gasteiger partial charge is 0.339 e. The lowest BCUT2D eigenvalue weighted by atomic mass is 10.3. The first kappa shape index (κ1) is 17.9. The lowest BCUT2D eigenvalue weighted by molar-refractivity contribution is -0.131. The van der Waals surface area contributed by atoms with Gasteiger partial charge >= 0.3 is 0 Å². The summed E-state index contributed by atoms with van der Waals surface area (Å²) >= 11 is 0. The minimum absolute atomic E-state index is 0. The fourth-order valence-electron chi connectivity index (χ4n) is 1.89. The van der Waals surface area contributed by atoms with Crippen LogP contribution in [-0.2, 0) is 4.79 Å². The van der Waals surface area contributed by atoms with Crippen LogP contribution in [0.1, 0.15) is 6.42 Å². The van der Waals surface area contributed by atoms with Crippen LogP contribution in [0.5, 0.6) is 0 Å². The maximum Gasteiger partial charge on any atom is 0.225 e. The Morgan fingerprint density at radius 3 is 2.26 bits per heavy atom. The van der Waals surface area contributed by atoms with Gasteiger partial charge in [0.25, 0.3) is 0 Å². The quantitative estimate of drug-likeness (QED) is 0.870. The van der Waals surface area contributed by atoms with Gasteiger partial charge in [-0.15, -0.1) is 24.8 Å². The van der Waals surface area contributed by atoms with Gasteiger partial charge in [0.15, 0.2) is 0 Å². The van der Waals surface area contributed by atoms with E-state index in [-0.39, 0.29) is 30.7 Å². The van der Waals surface area contributed by atoms with Gasteiger partial charge in [0, 0.05) is 51.5 Å². The van der Waals surface area contributed by atoms with Gasteiger partial charge < -0.3 is 15.5 Å². The van der Waals surface area contributed by atoms with Crippen LogP contribution >= 0.6 is 24.8 Å². The van der Waals surface area contributed by atoms with Crippen LogP contribution in [0.25, 0.3) is 0 Å². The monoisotopic (exact) mass is 307 g/mol. The molecule has 2 heterocycles. The summed E-state index contributed by atoms with van der Waals surface area (Å²) in [6.45, 7) is 3.41. The van der Waals surface area contributed by atoms with Gasteiger partial charge in [0.1, 0.15) is 0 Å². The molecule has 1 fully saturated rings. The summed E-state index contributed by atoms with van der Waals surface area (Å²) in [5.41, 5.74) is 5.38. The Kier molecular flexibility index (Phi) is 8.38. The zero-order valence-electron chi connectivity index (χ0n) is 10.6. The molecule has 1 aromatic heterocycles. The van der Waals surface area contributed by atoms with Crippen LogP contribution in [0.4, 0.5) is 5.95 Å². The number of nitrogens with two attached hydrogens (primary N) is 1. The zero-order valence-corrected chi connectivity index (χ0v) is 12.2. The standard InChI is InChI=1S/C11H17N5O.2ClH/c12-3-2-10(17)15-6-8-16(9-7-15)11-13-4-1-5-14-11;;/h1,4-5H,2-3,6-9,12H2;2*1H. The molecule has 0 bridgehead atoms. The molecule has 0 atom stereocenters. The van der Waals surface area contributed by atoms with E-state index in [0.29, 0.717) is 13.0 Å². The summed E-state index contributed by atoms with van der Waals surface area (Å²) in [5, 5.41) is 0. The highest BCUT2D eigenvalue weighted by atomic mass is 35.5. The summed E-state index contributed by atoms with van der Waals surface area (Å²) in [6, 6.07) is 1.80. The fourth-order valence-corrected chi connectivity index (χ4v) is 1.89. The Hall–Kier alpha value is -1.11. The molecule has 0 aromatic carbocycles. The third-order valence-corrected chi connectivity index (χ3v) is 2.83. The van der Waals surface area contributed by atoms with Gasteiger partial charge in [-0.25, -0.2) is 9.97 Å². The van der Waals surface area contributed by atoms with Crippen molar-refractivity contribution in [3.63, 3.8) is 0 Å². The van der Waals surface area contributed by atoms with Crippen LogP contribution in [-0.4, -0.2) is 53.5 Å². The first-order valence-corrected chi connectivity index (χ1v) is 5.81. The van der Waals surface area contributed by atoms with Crippen LogP contribution in [0.2, 0.25) is 0 Å². The van der Waals surface area contributed by atoms with Crippen molar-refractivity contribution in [2.24, 2.45) is 5.73 Å². The molecule has 108 valence electrons. The van der Waals surface area contributed by atoms with Gasteiger partial charge in [-0.2, -0.15) is 0 Å². The molecule has 1 aliphatic heterocycles. The van der Waals surface area contributed by atoms with Crippen molar-refractivity contribution in [2.75, 3.05) is 37.6 Å². The number of amides is 1. The van der Waals surface area contributed by atoms with Gasteiger partial charge in [0.05, 0.1) is 0 Å². The van der Waals surface area contributed by atoms with E-state index in [1.807, 2.05) is 4.90 Å². The number of anilines is 1.